The minimum Gasteiger partial charge on any atom is -0.443 e. The molecule has 1 saturated heterocycles. The largest absolute Gasteiger partial charge is 0.443 e. The van der Waals surface area contributed by atoms with Gasteiger partial charge < -0.3 is 14.2 Å². The Morgan fingerprint density at radius 1 is 1.13 bits per heavy atom. The molecule has 1 aromatic carbocycles. The molecule has 2 aromatic heterocycles. The van der Waals surface area contributed by atoms with Crippen molar-refractivity contribution in [2.45, 2.75) is 70.0 Å². The van der Waals surface area contributed by atoms with E-state index in [0.29, 0.717) is 35.6 Å². The maximum absolute atomic E-state index is 13.7. The quantitative estimate of drug-likeness (QED) is 0.470. The summed E-state index contributed by atoms with van der Waals surface area (Å²) in [7, 11) is -4.17. The van der Waals surface area contributed by atoms with Crippen molar-refractivity contribution in [3.05, 3.63) is 54.5 Å². The number of nitrogens with one attached hydrogen (secondary N) is 1. The predicted octanol–water partition coefficient (Wildman–Crippen LogP) is 4.09. The molecule has 3 heterocycles. The van der Waals surface area contributed by atoms with Crippen LogP contribution in [0.3, 0.4) is 0 Å². The molecule has 208 valence electrons. The summed E-state index contributed by atoms with van der Waals surface area (Å²) in [6, 6.07) is 10.7. The number of likely N-dealkylation sites (tertiary alicyclic amines) is 1. The van der Waals surface area contributed by atoms with Crippen molar-refractivity contribution in [2.24, 2.45) is 5.92 Å². The van der Waals surface area contributed by atoms with Crippen LogP contribution in [0.2, 0.25) is 0 Å². The van der Waals surface area contributed by atoms with Crippen LogP contribution in [0.4, 0.5) is 4.79 Å². The number of benzene rings is 1. The third kappa shape index (κ3) is 6.52. The van der Waals surface area contributed by atoms with Crippen LogP contribution in [-0.4, -0.2) is 59.2 Å². The van der Waals surface area contributed by atoms with Gasteiger partial charge in [-0.05, 0) is 76.3 Å². The summed E-state index contributed by atoms with van der Waals surface area (Å²) in [6.07, 6.45) is 4.48. The van der Waals surface area contributed by atoms with Crippen LogP contribution in [0.5, 0.6) is 0 Å². The SMILES string of the molecule is CC1CCN(C(=O)C(CCn2cccc2C#N)NS(=O)(=O)c2cccc3c2ccn3C(=O)OC(C)(C)C)CC1. The molecular weight excluding hydrogens is 518 g/mol. The average Bonchev–Trinajstić information content (AvgIpc) is 3.52. The van der Waals surface area contributed by atoms with E-state index in [0.717, 1.165) is 12.8 Å². The minimum atomic E-state index is -4.17. The lowest BCUT2D eigenvalue weighted by atomic mass is 9.98. The van der Waals surface area contributed by atoms with Crippen molar-refractivity contribution < 1.29 is 22.7 Å². The Balaban J connectivity index is 1.63. The van der Waals surface area contributed by atoms with Gasteiger partial charge in [-0.1, -0.05) is 13.0 Å². The van der Waals surface area contributed by atoms with Gasteiger partial charge in [-0.15, -0.1) is 0 Å². The van der Waals surface area contributed by atoms with Crippen molar-refractivity contribution in [3.63, 3.8) is 0 Å². The molecule has 10 nitrogen and oxygen atoms in total. The molecule has 1 aliphatic heterocycles. The highest BCUT2D eigenvalue weighted by molar-refractivity contribution is 7.89. The Hall–Kier alpha value is -3.62. The van der Waals surface area contributed by atoms with Crippen LogP contribution < -0.4 is 4.72 Å². The van der Waals surface area contributed by atoms with Crippen LogP contribution >= 0.6 is 0 Å². The summed E-state index contributed by atoms with van der Waals surface area (Å²) in [5, 5.41) is 9.70. The highest BCUT2D eigenvalue weighted by Crippen LogP contribution is 2.26. The van der Waals surface area contributed by atoms with Crippen LogP contribution in [-0.2, 0) is 26.1 Å². The van der Waals surface area contributed by atoms with Gasteiger partial charge in [0.05, 0.1) is 10.4 Å². The number of fused-ring (bicyclic) bond motifs is 1. The molecule has 11 heteroatoms. The number of rotatable bonds is 7. The van der Waals surface area contributed by atoms with E-state index in [1.807, 2.05) is 0 Å². The Morgan fingerprint density at radius 3 is 2.51 bits per heavy atom. The first kappa shape index (κ1) is 28.4. The molecule has 1 atom stereocenters. The second kappa shape index (κ2) is 11.2. The number of aromatic nitrogens is 2. The number of hydrogen-bond acceptors (Lipinski definition) is 6. The number of nitriles is 1. The topological polar surface area (TPSA) is 126 Å². The lowest BCUT2D eigenvalue weighted by molar-refractivity contribution is -0.134. The summed E-state index contributed by atoms with van der Waals surface area (Å²) in [5.41, 5.74) is 0.0966. The van der Waals surface area contributed by atoms with Gasteiger partial charge in [-0.25, -0.2) is 13.2 Å². The van der Waals surface area contributed by atoms with E-state index in [4.69, 9.17) is 4.74 Å². The smallest absolute Gasteiger partial charge is 0.418 e. The average molecular weight is 554 g/mol. The summed E-state index contributed by atoms with van der Waals surface area (Å²) >= 11 is 0. The van der Waals surface area contributed by atoms with E-state index in [1.54, 1.807) is 66.8 Å². The summed E-state index contributed by atoms with van der Waals surface area (Å²) in [6.45, 7) is 8.83. The summed E-state index contributed by atoms with van der Waals surface area (Å²) in [4.78, 5) is 28.0. The third-order valence-corrected chi connectivity index (χ3v) is 8.40. The van der Waals surface area contributed by atoms with Gasteiger partial charge in [-0.3, -0.25) is 9.36 Å². The second-order valence-electron chi connectivity index (χ2n) is 11.0. The fourth-order valence-corrected chi connectivity index (χ4v) is 6.20. The molecule has 0 spiro atoms. The van der Waals surface area contributed by atoms with E-state index in [-0.39, 0.29) is 23.8 Å². The second-order valence-corrected chi connectivity index (χ2v) is 12.7. The fraction of sp³-hybridized carbons (Fsp3) is 0.464. The van der Waals surface area contributed by atoms with Crippen molar-refractivity contribution >= 4 is 32.9 Å². The summed E-state index contributed by atoms with van der Waals surface area (Å²) in [5.74, 6) is 0.225. The molecule has 4 rings (SSSR count). The minimum absolute atomic E-state index is 0.0361. The van der Waals surface area contributed by atoms with Crippen molar-refractivity contribution in [3.8, 4) is 6.07 Å². The van der Waals surface area contributed by atoms with E-state index in [1.165, 1.54) is 16.8 Å². The lowest BCUT2D eigenvalue weighted by Gasteiger charge is -2.33. The Kier molecular flexibility index (Phi) is 8.18. The molecule has 0 saturated carbocycles. The standard InChI is InChI=1S/C28H35N5O5S/c1-20-10-15-32(16-11-20)26(34)23(13-17-31-14-6-7-21(31)19-29)30-39(36,37)25-9-5-8-24-22(25)12-18-33(24)27(35)38-28(2,3)4/h5-9,12,14,18,20,23,30H,10-11,13,15-17H2,1-4H3. The zero-order chi connectivity index (χ0) is 28.4. The van der Waals surface area contributed by atoms with Crippen molar-refractivity contribution in [1.29, 1.82) is 5.26 Å². The van der Waals surface area contributed by atoms with E-state index < -0.39 is 27.8 Å². The first-order valence-electron chi connectivity index (χ1n) is 13.1. The number of amides is 1. The highest BCUT2D eigenvalue weighted by Gasteiger charge is 2.32. The van der Waals surface area contributed by atoms with Crippen molar-refractivity contribution in [2.75, 3.05) is 13.1 Å². The third-order valence-electron chi connectivity index (χ3n) is 6.87. The van der Waals surface area contributed by atoms with Crippen LogP contribution in [0.1, 0.15) is 52.7 Å². The van der Waals surface area contributed by atoms with Gasteiger partial charge >= 0.3 is 6.09 Å². The Bertz CT molecular complexity index is 1500. The first-order chi connectivity index (χ1) is 18.4. The number of carbonyl (C=O) groups excluding carboxylic acids is 2. The molecule has 1 aliphatic rings. The van der Waals surface area contributed by atoms with Crippen LogP contribution in [0, 0.1) is 17.2 Å². The number of ether oxygens (including phenoxy) is 1. The maximum Gasteiger partial charge on any atom is 0.418 e. The zero-order valence-electron chi connectivity index (χ0n) is 22.8. The van der Waals surface area contributed by atoms with Gasteiger partial charge in [-0.2, -0.15) is 9.98 Å². The van der Waals surface area contributed by atoms with Gasteiger partial charge in [0.2, 0.25) is 15.9 Å². The summed E-state index contributed by atoms with van der Waals surface area (Å²) < 4.78 is 38.5. The van der Waals surface area contributed by atoms with Crippen LogP contribution in [0.15, 0.2) is 53.7 Å². The first-order valence-corrected chi connectivity index (χ1v) is 14.6. The maximum atomic E-state index is 13.7. The van der Waals surface area contributed by atoms with Gasteiger partial charge in [0.25, 0.3) is 0 Å². The van der Waals surface area contributed by atoms with Gasteiger partial charge in [0, 0.05) is 37.4 Å². The molecule has 1 fully saturated rings. The van der Waals surface area contributed by atoms with Crippen molar-refractivity contribution in [1.82, 2.24) is 18.8 Å². The number of piperidine rings is 1. The molecule has 1 unspecified atom stereocenters. The molecule has 0 aliphatic carbocycles. The number of nitrogens with zero attached hydrogens (tertiary/aromatic N) is 4. The number of carbonyl (C=O) groups is 2. The Labute approximate surface area is 229 Å². The molecular formula is C28H35N5O5S. The molecule has 0 bridgehead atoms. The highest BCUT2D eigenvalue weighted by atomic mass is 32.2. The van der Waals surface area contributed by atoms with E-state index in [2.05, 4.69) is 17.7 Å². The predicted molar refractivity (Wildman–Crippen MR) is 146 cm³/mol. The Morgan fingerprint density at radius 2 is 1.85 bits per heavy atom. The fourth-order valence-electron chi connectivity index (χ4n) is 4.76. The molecule has 0 radical (unpaired) electrons. The monoisotopic (exact) mass is 553 g/mol. The van der Waals surface area contributed by atoms with Crippen LogP contribution in [0.25, 0.3) is 10.9 Å². The molecule has 1 N–H and O–H groups in total. The zero-order valence-corrected chi connectivity index (χ0v) is 23.6. The lowest BCUT2D eigenvalue weighted by Crippen LogP contribution is -2.50. The number of hydrogen-bond donors (Lipinski definition) is 1. The number of sulfonamides is 1. The normalized spacial score (nSPS) is 15.7. The molecule has 1 amide bonds. The van der Waals surface area contributed by atoms with Gasteiger partial charge in [0.1, 0.15) is 23.4 Å². The number of aryl methyl sites for hydroxylation is 1. The molecule has 39 heavy (non-hydrogen) atoms. The van der Waals surface area contributed by atoms with Gasteiger partial charge in [0.15, 0.2) is 0 Å². The molecule has 3 aromatic rings. The van der Waals surface area contributed by atoms with E-state index >= 15 is 0 Å². The van der Waals surface area contributed by atoms with E-state index in [9.17, 15) is 23.3 Å².